The Hall–Kier alpha value is -3.68. The summed E-state index contributed by atoms with van der Waals surface area (Å²) in [5, 5.41) is 17.0. The number of nitrogens with one attached hydrogen (secondary N) is 2. The molecule has 30 heavy (non-hydrogen) atoms. The number of aliphatic carboxylic acids is 1. The molecule has 1 amide bonds. The van der Waals surface area contributed by atoms with Crippen LogP contribution in [0.4, 0.5) is 16.3 Å². The van der Waals surface area contributed by atoms with Crippen LogP contribution >= 0.6 is 0 Å². The van der Waals surface area contributed by atoms with Crippen molar-refractivity contribution in [1.82, 2.24) is 15.3 Å². The number of aromatic nitrogens is 2. The number of anilines is 2. The highest BCUT2D eigenvalue weighted by atomic mass is 16.6. The van der Waals surface area contributed by atoms with Crippen molar-refractivity contribution >= 4 is 34.3 Å². The van der Waals surface area contributed by atoms with Gasteiger partial charge in [-0.15, -0.1) is 0 Å². The average Bonchev–Trinajstić information content (AvgIpc) is 2.67. The van der Waals surface area contributed by atoms with Crippen LogP contribution in [-0.2, 0) is 16.0 Å². The molecule has 0 aliphatic heterocycles. The molecule has 2 aromatic heterocycles. The number of carboxylic acid groups (broad SMARTS) is 1. The van der Waals surface area contributed by atoms with Crippen LogP contribution in [-0.4, -0.2) is 38.8 Å². The molecule has 0 saturated heterocycles. The normalized spacial score (nSPS) is 12.2. The highest BCUT2D eigenvalue weighted by Gasteiger charge is 2.24. The molecule has 3 N–H and O–H groups in total. The summed E-state index contributed by atoms with van der Waals surface area (Å²) >= 11 is 0. The predicted molar refractivity (Wildman–Crippen MR) is 114 cm³/mol. The summed E-state index contributed by atoms with van der Waals surface area (Å²) in [5.41, 5.74) is 0.869. The molecule has 3 rings (SSSR count). The third kappa shape index (κ3) is 5.66. The Labute approximate surface area is 174 Å². The maximum Gasteiger partial charge on any atom is 0.408 e. The molecule has 1 aromatic carbocycles. The number of hydrogen-bond acceptors (Lipinski definition) is 6. The molecule has 8 nitrogen and oxygen atoms in total. The van der Waals surface area contributed by atoms with Crippen molar-refractivity contribution in [2.45, 2.75) is 38.8 Å². The van der Waals surface area contributed by atoms with Crippen LogP contribution in [0.2, 0.25) is 0 Å². The zero-order chi connectivity index (χ0) is 21.7. The van der Waals surface area contributed by atoms with Gasteiger partial charge in [0.1, 0.15) is 17.5 Å². The van der Waals surface area contributed by atoms with Gasteiger partial charge in [0, 0.05) is 41.5 Å². The van der Waals surface area contributed by atoms with Gasteiger partial charge >= 0.3 is 12.1 Å². The first-order chi connectivity index (χ1) is 14.2. The number of amides is 1. The van der Waals surface area contributed by atoms with Crippen molar-refractivity contribution in [2.75, 3.05) is 5.32 Å². The summed E-state index contributed by atoms with van der Waals surface area (Å²) in [7, 11) is 0. The molecular weight excluding hydrogens is 384 g/mol. The largest absolute Gasteiger partial charge is 0.480 e. The van der Waals surface area contributed by atoms with E-state index in [1.807, 2.05) is 36.4 Å². The van der Waals surface area contributed by atoms with Crippen LogP contribution in [0.15, 0.2) is 55.0 Å². The average molecular weight is 408 g/mol. The van der Waals surface area contributed by atoms with Gasteiger partial charge in [0.05, 0.1) is 0 Å². The van der Waals surface area contributed by atoms with E-state index in [1.54, 1.807) is 39.4 Å². The quantitative estimate of drug-likeness (QED) is 0.567. The highest BCUT2D eigenvalue weighted by Crippen LogP contribution is 2.23. The Morgan fingerprint density at radius 3 is 2.50 bits per heavy atom. The molecule has 1 atom stereocenters. The first kappa shape index (κ1) is 21.0. The zero-order valence-corrected chi connectivity index (χ0v) is 17.0. The Morgan fingerprint density at radius 2 is 1.83 bits per heavy atom. The zero-order valence-electron chi connectivity index (χ0n) is 17.0. The lowest BCUT2D eigenvalue weighted by Crippen LogP contribution is -2.44. The Kier molecular flexibility index (Phi) is 6.15. The topological polar surface area (TPSA) is 113 Å². The summed E-state index contributed by atoms with van der Waals surface area (Å²) in [6, 6.07) is 9.97. The van der Waals surface area contributed by atoms with Crippen LogP contribution in [0.1, 0.15) is 26.3 Å². The number of carbonyl (C=O) groups is 2. The van der Waals surface area contributed by atoms with Crippen molar-refractivity contribution in [3.63, 3.8) is 0 Å². The van der Waals surface area contributed by atoms with Crippen LogP contribution in [0, 0.1) is 0 Å². The van der Waals surface area contributed by atoms with E-state index in [0.717, 1.165) is 22.0 Å². The van der Waals surface area contributed by atoms with Gasteiger partial charge in [-0.3, -0.25) is 4.98 Å². The van der Waals surface area contributed by atoms with E-state index in [1.165, 1.54) is 0 Å². The van der Waals surface area contributed by atoms with E-state index < -0.39 is 23.7 Å². The number of carboxylic acids is 1. The summed E-state index contributed by atoms with van der Waals surface area (Å²) in [4.78, 5) is 31.9. The van der Waals surface area contributed by atoms with E-state index >= 15 is 0 Å². The fraction of sp³-hybridized carbons (Fsp3) is 0.273. The first-order valence-corrected chi connectivity index (χ1v) is 9.48. The highest BCUT2D eigenvalue weighted by molar-refractivity contribution is 5.92. The number of carbonyl (C=O) groups excluding carboxylic acids is 1. The molecule has 0 fully saturated rings. The Bertz CT molecular complexity index is 1040. The lowest BCUT2D eigenvalue weighted by Gasteiger charge is -2.22. The second-order valence-electron chi connectivity index (χ2n) is 7.82. The van der Waals surface area contributed by atoms with Crippen LogP contribution in [0.5, 0.6) is 0 Å². The van der Waals surface area contributed by atoms with E-state index in [4.69, 9.17) is 4.74 Å². The molecule has 0 radical (unpaired) electrons. The van der Waals surface area contributed by atoms with E-state index in [2.05, 4.69) is 20.6 Å². The van der Waals surface area contributed by atoms with Crippen LogP contribution in [0.3, 0.4) is 0 Å². The third-order valence-corrected chi connectivity index (χ3v) is 4.21. The third-order valence-electron chi connectivity index (χ3n) is 4.21. The van der Waals surface area contributed by atoms with Gasteiger partial charge < -0.3 is 20.5 Å². The number of benzene rings is 1. The molecule has 1 unspecified atom stereocenters. The number of alkyl carbamates (subject to hydrolysis) is 1. The molecule has 0 saturated carbocycles. The van der Waals surface area contributed by atoms with Gasteiger partial charge in [-0.25, -0.2) is 14.6 Å². The molecule has 2 heterocycles. The summed E-state index contributed by atoms with van der Waals surface area (Å²) in [6.45, 7) is 5.15. The molecule has 8 heteroatoms. The van der Waals surface area contributed by atoms with Crippen LogP contribution in [0.25, 0.3) is 10.8 Å². The van der Waals surface area contributed by atoms with E-state index in [-0.39, 0.29) is 6.42 Å². The summed E-state index contributed by atoms with van der Waals surface area (Å²) < 4.78 is 5.14. The fourth-order valence-corrected chi connectivity index (χ4v) is 2.86. The standard InChI is InChI=1S/C22H24N4O4/c1-22(2,3)30-21(29)26-18(20(27)28)12-14-4-6-16(7-5-14)25-19-17-9-10-23-13-15(17)8-11-24-19/h4-11,13,18H,12H2,1-3H3,(H,24,25)(H,26,29)(H,27,28). The molecule has 156 valence electrons. The van der Waals surface area contributed by atoms with Crippen molar-refractivity contribution in [3.05, 3.63) is 60.6 Å². The van der Waals surface area contributed by atoms with Gasteiger partial charge in [0.25, 0.3) is 0 Å². The molecule has 0 aliphatic carbocycles. The summed E-state index contributed by atoms with van der Waals surface area (Å²) in [5.74, 6) is -0.422. The van der Waals surface area contributed by atoms with Crippen molar-refractivity contribution < 1.29 is 19.4 Å². The maximum absolute atomic E-state index is 11.9. The lowest BCUT2D eigenvalue weighted by atomic mass is 10.1. The van der Waals surface area contributed by atoms with E-state index in [0.29, 0.717) is 5.82 Å². The smallest absolute Gasteiger partial charge is 0.408 e. The second-order valence-corrected chi connectivity index (χ2v) is 7.82. The number of fused-ring (bicyclic) bond motifs is 1. The lowest BCUT2D eigenvalue weighted by molar-refractivity contribution is -0.139. The van der Waals surface area contributed by atoms with Gasteiger partial charge in [-0.05, 0) is 50.6 Å². The monoisotopic (exact) mass is 408 g/mol. The van der Waals surface area contributed by atoms with E-state index in [9.17, 15) is 14.7 Å². The van der Waals surface area contributed by atoms with Gasteiger partial charge in [0.15, 0.2) is 0 Å². The predicted octanol–water partition coefficient (Wildman–Crippen LogP) is 3.89. The van der Waals surface area contributed by atoms with Crippen molar-refractivity contribution in [1.29, 1.82) is 0 Å². The van der Waals surface area contributed by atoms with Gasteiger partial charge in [-0.2, -0.15) is 0 Å². The number of hydrogen-bond donors (Lipinski definition) is 3. The number of nitrogens with zero attached hydrogens (tertiary/aromatic N) is 2. The second kappa shape index (κ2) is 8.77. The Morgan fingerprint density at radius 1 is 1.10 bits per heavy atom. The van der Waals surface area contributed by atoms with Crippen LogP contribution < -0.4 is 10.6 Å². The number of pyridine rings is 2. The van der Waals surface area contributed by atoms with Crippen molar-refractivity contribution in [2.24, 2.45) is 0 Å². The Balaban J connectivity index is 1.68. The molecule has 3 aromatic rings. The first-order valence-electron chi connectivity index (χ1n) is 9.48. The molecule has 0 aliphatic rings. The number of rotatable bonds is 6. The molecule has 0 bridgehead atoms. The van der Waals surface area contributed by atoms with Gasteiger partial charge in [0.2, 0.25) is 0 Å². The van der Waals surface area contributed by atoms with Crippen molar-refractivity contribution in [3.8, 4) is 0 Å². The minimum absolute atomic E-state index is 0.132. The minimum atomic E-state index is -1.13. The SMILES string of the molecule is CC(C)(C)OC(=O)NC(Cc1ccc(Nc2nccc3cnccc23)cc1)C(=O)O. The minimum Gasteiger partial charge on any atom is -0.480 e. The molecular formula is C22H24N4O4. The van der Waals surface area contributed by atoms with Gasteiger partial charge in [-0.1, -0.05) is 12.1 Å². The number of ether oxygens (including phenoxy) is 1. The fourth-order valence-electron chi connectivity index (χ4n) is 2.86. The summed E-state index contributed by atoms with van der Waals surface area (Å²) in [6.07, 6.45) is 4.56. The molecule has 0 spiro atoms. The maximum atomic E-state index is 11.9.